The number of rotatable bonds is 4. The van der Waals surface area contributed by atoms with E-state index in [1.807, 2.05) is 6.07 Å². The lowest BCUT2D eigenvalue weighted by Gasteiger charge is -2.12. The lowest BCUT2D eigenvalue weighted by atomic mass is 9.93. The van der Waals surface area contributed by atoms with E-state index in [4.69, 9.17) is 10.4 Å². The highest BCUT2D eigenvalue weighted by Crippen LogP contribution is 2.23. The predicted octanol–water partition coefficient (Wildman–Crippen LogP) is 1.27. The summed E-state index contributed by atoms with van der Waals surface area (Å²) in [7, 11) is 0. The summed E-state index contributed by atoms with van der Waals surface area (Å²) in [4.78, 5) is 22.4. The molecule has 0 aliphatic heterocycles. The molecule has 0 heterocycles. The zero-order valence-electron chi connectivity index (χ0n) is 9.17. The summed E-state index contributed by atoms with van der Waals surface area (Å²) >= 11 is 0. The number of nitrogens with zero attached hydrogens (tertiary/aromatic N) is 1. The Labute approximate surface area is 97.9 Å². The van der Waals surface area contributed by atoms with Crippen LogP contribution >= 0.6 is 0 Å². The van der Waals surface area contributed by atoms with Gasteiger partial charge in [-0.1, -0.05) is 19.1 Å². The van der Waals surface area contributed by atoms with Crippen LogP contribution in [0.5, 0.6) is 0 Å². The smallest absolute Gasteiger partial charge is 0.337 e. The largest absolute Gasteiger partial charge is 0.479 e. The number of hydrogen-bond donors (Lipinski definition) is 2. The van der Waals surface area contributed by atoms with Crippen molar-refractivity contribution in [3.05, 3.63) is 34.9 Å². The summed E-state index contributed by atoms with van der Waals surface area (Å²) < 4.78 is 0. The summed E-state index contributed by atoms with van der Waals surface area (Å²) in [5, 5.41) is 27.1. The molecule has 0 fully saturated rings. The van der Waals surface area contributed by atoms with Gasteiger partial charge >= 0.3 is 5.97 Å². The first kappa shape index (κ1) is 12.9. The van der Waals surface area contributed by atoms with Crippen molar-refractivity contribution in [3.63, 3.8) is 0 Å². The second kappa shape index (κ2) is 5.23. The fourth-order valence-corrected chi connectivity index (χ4v) is 1.51. The Balaban J connectivity index is 3.45. The minimum atomic E-state index is -1.80. The number of hydrogen-bond acceptors (Lipinski definition) is 4. The number of aliphatic hydroxyl groups is 1. The van der Waals surface area contributed by atoms with Gasteiger partial charge in [-0.25, -0.2) is 4.79 Å². The molecular formula is C12H11NO4. The highest BCUT2D eigenvalue weighted by atomic mass is 16.4. The van der Waals surface area contributed by atoms with Gasteiger partial charge in [0, 0.05) is 17.5 Å². The minimum absolute atomic E-state index is 0.00704. The third-order valence-corrected chi connectivity index (χ3v) is 2.35. The summed E-state index contributed by atoms with van der Waals surface area (Å²) in [5.41, 5.74) is 0.0328. The van der Waals surface area contributed by atoms with Crippen LogP contribution in [0.3, 0.4) is 0 Å². The molecule has 1 rings (SSSR count). The molecule has 1 aromatic rings. The van der Waals surface area contributed by atoms with Crippen LogP contribution in [0.1, 0.15) is 40.9 Å². The SMILES string of the molecule is CCC(=O)c1c(C#N)cccc1C(O)C(=O)O. The van der Waals surface area contributed by atoms with E-state index >= 15 is 0 Å². The van der Waals surface area contributed by atoms with Crippen LogP contribution in [0.2, 0.25) is 0 Å². The van der Waals surface area contributed by atoms with Crippen molar-refractivity contribution in [2.24, 2.45) is 0 Å². The van der Waals surface area contributed by atoms with E-state index in [1.165, 1.54) is 18.2 Å². The summed E-state index contributed by atoms with van der Waals surface area (Å²) in [6, 6.07) is 6.01. The van der Waals surface area contributed by atoms with Gasteiger partial charge in [0.15, 0.2) is 11.9 Å². The third-order valence-electron chi connectivity index (χ3n) is 2.35. The molecule has 17 heavy (non-hydrogen) atoms. The molecule has 0 spiro atoms. The second-order valence-corrected chi connectivity index (χ2v) is 3.40. The number of carbonyl (C=O) groups excluding carboxylic acids is 1. The molecule has 0 saturated heterocycles. The molecule has 1 aromatic carbocycles. The van der Waals surface area contributed by atoms with E-state index < -0.39 is 12.1 Å². The lowest BCUT2D eigenvalue weighted by molar-refractivity contribution is -0.146. The second-order valence-electron chi connectivity index (χ2n) is 3.40. The van der Waals surface area contributed by atoms with Crippen molar-refractivity contribution < 1.29 is 19.8 Å². The van der Waals surface area contributed by atoms with E-state index in [0.717, 1.165) is 0 Å². The Bertz CT molecular complexity index is 502. The number of benzene rings is 1. The van der Waals surface area contributed by atoms with Crippen LogP contribution in [0.15, 0.2) is 18.2 Å². The van der Waals surface area contributed by atoms with E-state index in [9.17, 15) is 14.7 Å². The number of aliphatic hydroxyl groups excluding tert-OH is 1. The van der Waals surface area contributed by atoms with Crippen molar-refractivity contribution in [1.29, 1.82) is 5.26 Å². The first-order chi connectivity index (χ1) is 8.02. The first-order valence-corrected chi connectivity index (χ1v) is 5.00. The molecule has 0 aliphatic rings. The molecule has 5 nitrogen and oxygen atoms in total. The zero-order valence-corrected chi connectivity index (χ0v) is 9.17. The molecule has 0 bridgehead atoms. The molecule has 88 valence electrons. The topological polar surface area (TPSA) is 98.4 Å². The monoisotopic (exact) mass is 233 g/mol. The van der Waals surface area contributed by atoms with Gasteiger partial charge in [-0.3, -0.25) is 4.79 Å². The maximum absolute atomic E-state index is 11.7. The van der Waals surface area contributed by atoms with Crippen molar-refractivity contribution in [3.8, 4) is 6.07 Å². The van der Waals surface area contributed by atoms with Gasteiger partial charge in [-0.05, 0) is 6.07 Å². The van der Waals surface area contributed by atoms with E-state index in [0.29, 0.717) is 0 Å². The van der Waals surface area contributed by atoms with Crippen molar-refractivity contribution >= 4 is 11.8 Å². The van der Waals surface area contributed by atoms with Gasteiger partial charge in [-0.2, -0.15) is 5.26 Å². The van der Waals surface area contributed by atoms with Crippen LogP contribution in [-0.4, -0.2) is 22.0 Å². The number of carboxylic acid groups (broad SMARTS) is 1. The normalized spacial score (nSPS) is 11.6. The molecule has 0 amide bonds. The molecule has 1 unspecified atom stereocenters. The van der Waals surface area contributed by atoms with E-state index in [2.05, 4.69) is 0 Å². The van der Waals surface area contributed by atoms with Gasteiger partial charge in [0.25, 0.3) is 0 Å². The van der Waals surface area contributed by atoms with Crippen LogP contribution in [0, 0.1) is 11.3 Å². The Morgan fingerprint density at radius 2 is 2.12 bits per heavy atom. The Morgan fingerprint density at radius 3 is 2.59 bits per heavy atom. The van der Waals surface area contributed by atoms with Gasteiger partial charge in [0.05, 0.1) is 11.6 Å². The van der Waals surface area contributed by atoms with Gasteiger partial charge in [-0.15, -0.1) is 0 Å². The standard InChI is InChI=1S/C12H11NO4/c1-2-9(14)10-7(6-13)4-3-5-8(10)11(15)12(16)17/h3-5,11,15H,2H2,1H3,(H,16,17). The average Bonchev–Trinajstić information content (AvgIpc) is 2.35. The van der Waals surface area contributed by atoms with E-state index in [-0.39, 0.29) is 28.9 Å². The summed E-state index contributed by atoms with van der Waals surface area (Å²) in [6.07, 6.45) is -1.66. The number of carbonyl (C=O) groups is 2. The summed E-state index contributed by atoms with van der Waals surface area (Å²) in [5.74, 6) is -1.82. The van der Waals surface area contributed by atoms with Crippen LogP contribution in [0.4, 0.5) is 0 Å². The zero-order chi connectivity index (χ0) is 13.0. The molecular weight excluding hydrogens is 222 g/mol. The molecule has 0 aromatic heterocycles. The average molecular weight is 233 g/mol. The number of carboxylic acids is 1. The number of Topliss-reactive ketones (excluding diaryl/α,β-unsaturated/α-hetero) is 1. The molecule has 0 aliphatic carbocycles. The van der Waals surface area contributed by atoms with Crippen LogP contribution < -0.4 is 0 Å². The molecule has 5 heteroatoms. The maximum Gasteiger partial charge on any atom is 0.337 e. The Kier molecular flexibility index (Phi) is 3.96. The Morgan fingerprint density at radius 1 is 1.47 bits per heavy atom. The van der Waals surface area contributed by atoms with E-state index in [1.54, 1.807) is 6.92 Å². The van der Waals surface area contributed by atoms with Crippen molar-refractivity contribution in [2.45, 2.75) is 19.4 Å². The van der Waals surface area contributed by atoms with Gasteiger partial charge < -0.3 is 10.2 Å². The quantitative estimate of drug-likeness (QED) is 0.763. The van der Waals surface area contributed by atoms with Gasteiger partial charge in [0.1, 0.15) is 0 Å². The molecule has 0 saturated carbocycles. The lowest BCUT2D eigenvalue weighted by Crippen LogP contribution is -2.16. The Hall–Kier alpha value is -2.19. The maximum atomic E-state index is 11.7. The highest BCUT2D eigenvalue weighted by Gasteiger charge is 2.24. The summed E-state index contributed by atoms with van der Waals surface area (Å²) in [6.45, 7) is 1.60. The number of nitriles is 1. The van der Waals surface area contributed by atoms with Gasteiger partial charge in [0.2, 0.25) is 0 Å². The molecule has 2 N–H and O–H groups in total. The highest BCUT2D eigenvalue weighted by molar-refractivity contribution is 6.00. The minimum Gasteiger partial charge on any atom is -0.479 e. The van der Waals surface area contributed by atoms with Crippen molar-refractivity contribution in [2.75, 3.05) is 0 Å². The third kappa shape index (κ3) is 2.49. The fraction of sp³-hybridized carbons (Fsp3) is 0.250. The number of aliphatic carboxylic acids is 1. The molecule has 0 radical (unpaired) electrons. The van der Waals surface area contributed by atoms with Crippen LogP contribution in [0.25, 0.3) is 0 Å². The first-order valence-electron chi connectivity index (χ1n) is 5.00. The van der Waals surface area contributed by atoms with Crippen molar-refractivity contribution in [1.82, 2.24) is 0 Å². The fourth-order valence-electron chi connectivity index (χ4n) is 1.51. The number of ketones is 1. The molecule has 1 atom stereocenters. The van der Waals surface area contributed by atoms with Crippen LogP contribution in [-0.2, 0) is 4.79 Å². The predicted molar refractivity (Wildman–Crippen MR) is 58.4 cm³/mol.